The van der Waals surface area contributed by atoms with E-state index in [2.05, 4.69) is 40.3 Å². The van der Waals surface area contributed by atoms with Gasteiger partial charge in [-0.05, 0) is 38.6 Å². The summed E-state index contributed by atoms with van der Waals surface area (Å²) in [6, 6.07) is 14.7. The molecule has 114 valence electrons. The first-order valence-corrected chi connectivity index (χ1v) is 8.08. The van der Waals surface area contributed by atoms with Crippen LogP contribution in [-0.2, 0) is 13.0 Å². The number of aromatic nitrogens is 1. The Kier molecular flexibility index (Phi) is 4.51. The van der Waals surface area contributed by atoms with E-state index in [-0.39, 0.29) is 0 Å². The third-order valence-electron chi connectivity index (χ3n) is 3.99. The minimum absolute atomic E-state index is 0.825. The Morgan fingerprint density at radius 1 is 1.00 bits per heavy atom. The van der Waals surface area contributed by atoms with E-state index in [4.69, 9.17) is 11.6 Å². The van der Waals surface area contributed by atoms with Crippen LogP contribution in [0.15, 0.2) is 48.7 Å². The lowest BCUT2D eigenvalue weighted by Gasteiger charge is -2.14. The molecule has 3 heteroatoms. The Morgan fingerprint density at radius 3 is 2.55 bits per heavy atom. The zero-order valence-electron chi connectivity index (χ0n) is 13.1. The van der Waals surface area contributed by atoms with E-state index in [1.54, 1.807) is 0 Å². The summed E-state index contributed by atoms with van der Waals surface area (Å²) in [7, 11) is 3.75. The van der Waals surface area contributed by atoms with E-state index in [0.717, 1.165) is 17.1 Å². The molecular weight excluding hydrogens is 292 g/mol. The summed E-state index contributed by atoms with van der Waals surface area (Å²) in [6.45, 7) is 1.11. The van der Waals surface area contributed by atoms with Crippen LogP contribution in [0.1, 0.15) is 12.0 Å². The van der Waals surface area contributed by atoms with Gasteiger partial charge in [0, 0.05) is 34.3 Å². The second kappa shape index (κ2) is 6.55. The lowest BCUT2D eigenvalue weighted by atomic mass is 10.00. The number of halogens is 1. The molecule has 0 spiro atoms. The van der Waals surface area contributed by atoms with Crippen molar-refractivity contribution in [1.82, 2.24) is 9.88 Å². The number of hydrogen-bond acceptors (Lipinski definition) is 1. The van der Waals surface area contributed by atoms with Gasteiger partial charge in [0.05, 0.1) is 5.52 Å². The molecule has 0 atom stereocenters. The number of para-hydroxylation sites is 1. The number of nitrogens with zero attached hydrogens (tertiary/aromatic N) is 1. The molecule has 1 aromatic heterocycles. The van der Waals surface area contributed by atoms with Crippen LogP contribution in [0.3, 0.4) is 0 Å². The number of nitrogens with one attached hydrogen (secondary N) is 1. The molecule has 3 aromatic rings. The van der Waals surface area contributed by atoms with E-state index in [1.807, 2.05) is 32.3 Å². The Labute approximate surface area is 136 Å². The SMILES string of the molecule is CNC.Clc1ccccc1-c1cn2c3c(cccc13)CCC2. The van der Waals surface area contributed by atoms with E-state index in [0.29, 0.717) is 0 Å². The molecular formula is C19H21ClN2. The quantitative estimate of drug-likeness (QED) is 0.686. The summed E-state index contributed by atoms with van der Waals surface area (Å²) in [5.74, 6) is 0. The third kappa shape index (κ3) is 2.65. The predicted octanol–water partition coefficient (Wildman–Crippen LogP) is 4.74. The van der Waals surface area contributed by atoms with Gasteiger partial charge in [-0.15, -0.1) is 0 Å². The van der Waals surface area contributed by atoms with Gasteiger partial charge >= 0.3 is 0 Å². The van der Waals surface area contributed by atoms with Gasteiger partial charge in [0.25, 0.3) is 0 Å². The smallest absolute Gasteiger partial charge is 0.0519 e. The van der Waals surface area contributed by atoms with Crippen molar-refractivity contribution in [3.8, 4) is 11.1 Å². The highest BCUT2D eigenvalue weighted by Crippen LogP contribution is 2.37. The molecule has 0 aliphatic carbocycles. The molecule has 2 heterocycles. The first-order chi connectivity index (χ1) is 10.8. The zero-order chi connectivity index (χ0) is 15.5. The fourth-order valence-corrected chi connectivity index (χ4v) is 3.39. The molecule has 0 bridgehead atoms. The van der Waals surface area contributed by atoms with Crippen molar-refractivity contribution in [3.63, 3.8) is 0 Å². The summed E-state index contributed by atoms with van der Waals surface area (Å²) in [6.07, 6.45) is 4.67. The average Bonchev–Trinajstić information content (AvgIpc) is 2.90. The molecule has 1 aliphatic heterocycles. The Morgan fingerprint density at radius 2 is 1.77 bits per heavy atom. The molecule has 22 heavy (non-hydrogen) atoms. The van der Waals surface area contributed by atoms with E-state index >= 15 is 0 Å². The van der Waals surface area contributed by atoms with Gasteiger partial charge < -0.3 is 9.88 Å². The van der Waals surface area contributed by atoms with E-state index in [1.165, 1.54) is 34.9 Å². The third-order valence-corrected chi connectivity index (χ3v) is 4.32. The van der Waals surface area contributed by atoms with Crippen LogP contribution in [0.5, 0.6) is 0 Å². The van der Waals surface area contributed by atoms with Crippen molar-refractivity contribution in [3.05, 3.63) is 59.2 Å². The summed E-state index contributed by atoms with van der Waals surface area (Å²) in [4.78, 5) is 0. The zero-order valence-corrected chi connectivity index (χ0v) is 13.8. The van der Waals surface area contributed by atoms with Crippen LogP contribution in [-0.4, -0.2) is 18.7 Å². The second-order valence-electron chi connectivity index (χ2n) is 5.63. The lowest BCUT2D eigenvalue weighted by Crippen LogP contribution is -2.05. The van der Waals surface area contributed by atoms with Crippen molar-refractivity contribution >= 4 is 22.5 Å². The molecule has 2 nitrogen and oxygen atoms in total. The number of benzene rings is 2. The van der Waals surface area contributed by atoms with Crippen LogP contribution in [0, 0.1) is 0 Å². The topological polar surface area (TPSA) is 17.0 Å². The minimum Gasteiger partial charge on any atom is -0.347 e. The monoisotopic (exact) mass is 312 g/mol. The molecule has 0 fully saturated rings. The molecule has 4 rings (SSSR count). The standard InChI is InChI=1S/C17H14ClN.C2H7N/c18-16-9-2-1-7-13(16)15-11-19-10-4-6-12-5-3-8-14(15)17(12)19;1-3-2/h1-3,5,7-9,11H,4,6,10H2;3H,1-2H3. The van der Waals surface area contributed by atoms with Gasteiger partial charge in [0.2, 0.25) is 0 Å². The second-order valence-corrected chi connectivity index (χ2v) is 6.04. The van der Waals surface area contributed by atoms with Crippen LogP contribution >= 0.6 is 11.6 Å². The van der Waals surface area contributed by atoms with E-state index in [9.17, 15) is 0 Å². The molecule has 1 N–H and O–H groups in total. The van der Waals surface area contributed by atoms with Gasteiger partial charge in [-0.3, -0.25) is 0 Å². The maximum atomic E-state index is 6.36. The summed E-state index contributed by atoms with van der Waals surface area (Å²) in [5.41, 5.74) is 5.24. The van der Waals surface area contributed by atoms with Crippen molar-refractivity contribution in [2.24, 2.45) is 0 Å². The number of rotatable bonds is 1. The largest absolute Gasteiger partial charge is 0.347 e. The fraction of sp³-hybridized carbons (Fsp3) is 0.263. The first-order valence-electron chi connectivity index (χ1n) is 7.70. The first kappa shape index (κ1) is 15.1. The highest BCUT2D eigenvalue weighted by Gasteiger charge is 2.17. The van der Waals surface area contributed by atoms with Gasteiger partial charge in [-0.2, -0.15) is 0 Å². The Bertz CT molecular complexity index is 789. The maximum absolute atomic E-state index is 6.36. The highest BCUT2D eigenvalue weighted by molar-refractivity contribution is 6.33. The van der Waals surface area contributed by atoms with Crippen LogP contribution in [0.25, 0.3) is 22.0 Å². The lowest BCUT2D eigenvalue weighted by molar-refractivity contribution is 0.636. The maximum Gasteiger partial charge on any atom is 0.0519 e. The number of hydrogen-bond donors (Lipinski definition) is 1. The summed E-state index contributed by atoms with van der Waals surface area (Å²) >= 11 is 6.36. The van der Waals surface area contributed by atoms with E-state index < -0.39 is 0 Å². The van der Waals surface area contributed by atoms with Crippen molar-refractivity contribution < 1.29 is 0 Å². The fourth-order valence-electron chi connectivity index (χ4n) is 3.15. The summed E-state index contributed by atoms with van der Waals surface area (Å²) in [5, 5.41) is 4.90. The molecule has 0 saturated heterocycles. The normalized spacial score (nSPS) is 12.9. The molecule has 1 aliphatic rings. The molecule has 2 aromatic carbocycles. The minimum atomic E-state index is 0.825. The van der Waals surface area contributed by atoms with Crippen LogP contribution in [0.2, 0.25) is 5.02 Å². The van der Waals surface area contributed by atoms with Crippen molar-refractivity contribution in [2.45, 2.75) is 19.4 Å². The highest BCUT2D eigenvalue weighted by atomic mass is 35.5. The molecule has 0 unspecified atom stereocenters. The van der Waals surface area contributed by atoms with Gasteiger partial charge in [0.1, 0.15) is 0 Å². The number of aryl methyl sites for hydroxylation is 2. The van der Waals surface area contributed by atoms with Crippen LogP contribution < -0.4 is 5.32 Å². The Hall–Kier alpha value is -1.77. The predicted molar refractivity (Wildman–Crippen MR) is 95.7 cm³/mol. The van der Waals surface area contributed by atoms with Crippen LogP contribution in [0.4, 0.5) is 0 Å². The average molecular weight is 313 g/mol. The van der Waals surface area contributed by atoms with Crippen molar-refractivity contribution in [2.75, 3.05) is 14.1 Å². The van der Waals surface area contributed by atoms with Gasteiger partial charge in [-0.1, -0.05) is 48.0 Å². The van der Waals surface area contributed by atoms with Gasteiger partial charge in [-0.25, -0.2) is 0 Å². The molecule has 0 saturated carbocycles. The molecule has 0 amide bonds. The van der Waals surface area contributed by atoms with Gasteiger partial charge in [0.15, 0.2) is 0 Å². The Balaban J connectivity index is 0.000000446. The summed E-state index contributed by atoms with van der Waals surface area (Å²) < 4.78 is 2.38. The van der Waals surface area contributed by atoms with Crippen molar-refractivity contribution in [1.29, 1.82) is 0 Å². The molecule has 0 radical (unpaired) electrons.